The zero-order valence-electron chi connectivity index (χ0n) is 8.37. The number of benzene rings is 1. The smallest absolute Gasteiger partial charge is 0.113 e. The predicted octanol–water partition coefficient (Wildman–Crippen LogP) is 1.10. The molecule has 3 rings (SSSR count). The molecule has 2 aliphatic rings. The minimum Gasteiger partial charge on any atom is -0.390 e. The molecule has 1 aromatic carbocycles. The van der Waals surface area contributed by atoms with Crippen LogP contribution in [0.15, 0.2) is 30.3 Å². The van der Waals surface area contributed by atoms with E-state index >= 15 is 0 Å². The minimum absolute atomic E-state index is 0.129. The van der Waals surface area contributed by atoms with Crippen molar-refractivity contribution in [1.82, 2.24) is 0 Å². The monoisotopic (exact) mass is 206 g/mol. The van der Waals surface area contributed by atoms with Gasteiger partial charge < -0.3 is 14.6 Å². The normalized spacial score (nSPS) is 37.7. The summed E-state index contributed by atoms with van der Waals surface area (Å²) in [6.45, 7) is 0.551. The number of epoxide rings is 1. The zero-order valence-corrected chi connectivity index (χ0v) is 8.37. The lowest BCUT2D eigenvalue weighted by molar-refractivity contribution is -0.0583. The molecule has 1 heterocycles. The van der Waals surface area contributed by atoms with E-state index < -0.39 is 0 Å². The standard InChI is InChI=1S/C12H14O3/c13-9-6-10-12(15-10)11(9)14-7-8-4-2-1-3-5-8/h1-5,9-13H,6-7H2. The van der Waals surface area contributed by atoms with E-state index in [1.54, 1.807) is 0 Å². The third-order valence-electron chi connectivity index (χ3n) is 3.08. The molecule has 0 bridgehead atoms. The zero-order chi connectivity index (χ0) is 10.3. The maximum Gasteiger partial charge on any atom is 0.113 e. The molecular formula is C12H14O3. The summed E-state index contributed by atoms with van der Waals surface area (Å²) in [4.78, 5) is 0. The Morgan fingerprint density at radius 1 is 1.33 bits per heavy atom. The van der Waals surface area contributed by atoms with Crippen LogP contribution in [0.5, 0.6) is 0 Å². The van der Waals surface area contributed by atoms with Crippen LogP contribution in [0.4, 0.5) is 0 Å². The van der Waals surface area contributed by atoms with E-state index in [-0.39, 0.29) is 24.4 Å². The van der Waals surface area contributed by atoms with Gasteiger partial charge in [-0.3, -0.25) is 0 Å². The molecule has 1 saturated carbocycles. The van der Waals surface area contributed by atoms with Crippen molar-refractivity contribution in [3.8, 4) is 0 Å². The van der Waals surface area contributed by atoms with E-state index in [0.717, 1.165) is 12.0 Å². The molecule has 2 fully saturated rings. The quantitative estimate of drug-likeness (QED) is 0.753. The Labute approximate surface area is 88.6 Å². The molecule has 1 aliphatic carbocycles. The van der Waals surface area contributed by atoms with Crippen LogP contribution in [0.1, 0.15) is 12.0 Å². The number of fused-ring (bicyclic) bond motifs is 1. The highest BCUT2D eigenvalue weighted by Gasteiger charge is 2.56. The average Bonchev–Trinajstić information content (AvgIpc) is 2.93. The molecule has 1 N–H and O–H groups in total. The Balaban J connectivity index is 1.58. The van der Waals surface area contributed by atoms with Crippen LogP contribution in [0.2, 0.25) is 0 Å². The van der Waals surface area contributed by atoms with E-state index in [4.69, 9.17) is 9.47 Å². The van der Waals surface area contributed by atoms with E-state index in [2.05, 4.69) is 0 Å². The molecule has 3 nitrogen and oxygen atoms in total. The Hall–Kier alpha value is -0.900. The van der Waals surface area contributed by atoms with Crippen LogP contribution in [0.3, 0.4) is 0 Å². The van der Waals surface area contributed by atoms with Gasteiger partial charge in [-0.2, -0.15) is 0 Å². The summed E-state index contributed by atoms with van der Waals surface area (Å²) < 4.78 is 11.0. The van der Waals surface area contributed by atoms with Gasteiger partial charge in [0.15, 0.2) is 0 Å². The summed E-state index contributed by atoms with van der Waals surface area (Å²) in [6.07, 6.45) is 0.640. The van der Waals surface area contributed by atoms with Crippen molar-refractivity contribution >= 4 is 0 Å². The fraction of sp³-hybridized carbons (Fsp3) is 0.500. The molecule has 1 saturated heterocycles. The first-order valence-electron chi connectivity index (χ1n) is 5.33. The summed E-state index contributed by atoms with van der Waals surface area (Å²) in [7, 11) is 0. The fourth-order valence-electron chi connectivity index (χ4n) is 2.20. The summed E-state index contributed by atoms with van der Waals surface area (Å²) in [5.74, 6) is 0. The van der Waals surface area contributed by atoms with Gasteiger partial charge in [0.1, 0.15) is 12.2 Å². The van der Waals surface area contributed by atoms with Gasteiger partial charge in [-0.15, -0.1) is 0 Å². The molecule has 1 aromatic rings. The van der Waals surface area contributed by atoms with Crippen molar-refractivity contribution in [1.29, 1.82) is 0 Å². The second-order valence-corrected chi connectivity index (χ2v) is 4.20. The van der Waals surface area contributed by atoms with Crippen molar-refractivity contribution in [2.45, 2.75) is 37.4 Å². The van der Waals surface area contributed by atoms with Crippen molar-refractivity contribution in [2.24, 2.45) is 0 Å². The topological polar surface area (TPSA) is 42.0 Å². The molecule has 80 valence electrons. The third kappa shape index (κ3) is 1.78. The molecule has 15 heavy (non-hydrogen) atoms. The minimum atomic E-state index is -0.350. The van der Waals surface area contributed by atoms with Gasteiger partial charge in [0.05, 0.1) is 18.8 Å². The Kier molecular flexibility index (Phi) is 2.24. The van der Waals surface area contributed by atoms with Crippen molar-refractivity contribution < 1.29 is 14.6 Å². The lowest BCUT2D eigenvalue weighted by Gasteiger charge is -2.17. The summed E-state index contributed by atoms with van der Waals surface area (Å²) in [6, 6.07) is 9.99. The Morgan fingerprint density at radius 3 is 2.80 bits per heavy atom. The second kappa shape index (κ2) is 3.59. The molecule has 0 radical (unpaired) electrons. The molecule has 0 aromatic heterocycles. The number of hydrogen-bond donors (Lipinski definition) is 1. The van der Waals surface area contributed by atoms with Crippen LogP contribution in [0, 0.1) is 0 Å². The number of rotatable bonds is 3. The highest BCUT2D eigenvalue weighted by molar-refractivity contribution is 5.14. The molecule has 0 amide bonds. The van der Waals surface area contributed by atoms with E-state index in [9.17, 15) is 5.11 Å². The van der Waals surface area contributed by atoms with Gasteiger partial charge in [0.2, 0.25) is 0 Å². The molecule has 4 atom stereocenters. The molecule has 1 aliphatic heterocycles. The van der Waals surface area contributed by atoms with Gasteiger partial charge in [-0.05, 0) is 5.56 Å². The number of aliphatic hydroxyl groups is 1. The van der Waals surface area contributed by atoms with Crippen molar-refractivity contribution in [3.05, 3.63) is 35.9 Å². The molecule has 0 spiro atoms. The maximum absolute atomic E-state index is 9.66. The van der Waals surface area contributed by atoms with E-state index in [0.29, 0.717) is 6.61 Å². The highest BCUT2D eigenvalue weighted by Crippen LogP contribution is 2.40. The number of hydrogen-bond acceptors (Lipinski definition) is 3. The first-order chi connectivity index (χ1) is 7.34. The average molecular weight is 206 g/mol. The van der Waals surface area contributed by atoms with Crippen LogP contribution >= 0.6 is 0 Å². The first-order valence-corrected chi connectivity index (χ1v) is 5.33. The van der Waals surface area contributed by atoms with E-state index in [1.165, 1.54) is 0 Å². The number of ether oxygens (including phenoxy) is 2. The SMILES string of the molecule is OC1CC2OC2C1OCc1ccccc1. The van der Waals surface area contributed by atoms with E-state index in [1.807, 2.05) is 30.3 Å². The van der Waals surface area contributed by atoms with Gasteiger partial charge in [0.25, 0.3) is 0 Å². The second-order valence-electron chi connectivity index (χ2n) is 4.20. The van der Waals surface area contributed by atoms with Gasteiger partial charge >= 0.3 is 0 Å². The van der Waals surface area contributed by atoms with Crippen molar-refractivity contribution in [3.63, 3.8) is 0 Å². The van der Waals surface area contributed by atoms with Crippen LogP contribution in [0.25, 0.3) is 0 Å². The van der Waals surface area contributed by atoms with Gasteiger partial charge in [-0.1, -0.05) is 30.3 Å². The van der Waals surface area contributed by atoms with Gasteiger partial charge in [-0.25, -0.2) is 0 Å². The third-order valence-corrected chi connectivity index (χ3v) is 3.08. The first kappa shape index (κ1) is 9.33. The maximum atomic E-state index is 9.66. The molecule has 4 unspecified atom stereocenters. The van der Waals surface area contributed by atoms with Crippen LogP contribution < -0.4 is 0 Å². The van der Waals surface area contributed by atoms with Crippen LogP contribution in [-0.2, 0) is 16.1 Å². The Bertz CT molecular complexity index is 336. The number of aliphatic hydroxyl groups excluding tert-OH is 1. The predicted molar refractivity (Wildman–Crippen MR) is 54.3 cm³/mol. The van der Waals surface area contributed by atoms with Gasteiger partial charge in [0, 0.05) is 6.42 Å². The molecule has 3 heteroatoms. The highest BCUT2D eigenvalue weighted by atomic mass is 16.6. The molecular weight excluding hydrogens is 192 g/mol. The summed E-state index contributed by atoms with van der Waals surface area (Å²) in [5.41, 5.74) is 1.13. The van der Waals surface area contributed by atoms with Crippen molar-refractivity contribution in [2.75, 3.05) is 0 Å². The Morgan fingerprint density at radius 2 is 2.13 bits per heavy atom. The fourth-order valence-corrected chi connectivity index (χ4v) is 2.20. The summed E-state index contributed by atoms with van der Waals surface area (Å²) >= 11 is 0. The largest absolute Gasteiger partial charge is 0.390 e. The lowest BCUT2D eigenvalue weighted by atomic mass is 10.2. The summed E-state index contributed by atoms with van der Waals surface area (Å²) in [5, 5.41) is 9.66. The van der Waals surface area contributed by atoms with Crippen LogP contribution in [-0.4, -0.2) is 29.5 Å². The lowest BCUT2D eigenvalue weighted by Crippen LogP contribution is -2.29.